The van der Waals surface area contributed by atoms with Gasteiger partial charge in [0.1, 0.15) is 23.1 Å². The molecule has 0 spiro atoms. The first-order valence-electron chi connectivity index (χ1n) is 15.0. The van der Waals surface area contributed by atoms with E-state index in [9.17, 15) is 4.79 Å². The van der Waals surface area contributed by atoms with Gasteiger partial charge in [-0.2, -0.15) is 4.80 Å². The number of hydrogen-bond donors (Lipinski definition) is 0. The van der Waals surface area contributed by atoms with E-state index in [0.717, 1.165) is 29.9 Å². The number of unbranched alkanes of at least 4 members (excludes halogenated alkanes) is 1. The molecule has 0 bridgehead atoms. The van der Waals surface area contributed by atoms with Gasteiger partial charge in [0.2, 0.25) is 12.6 Å². The largest absolute Gasteiger partial charge is 0.497 e. The standard InChI is InChI=1S/C32H38N6O7/c1-6-9-10-31-33-18-23(14-22(32(39)42-8-3)13-21-15-28-29(45-20-44-28)17-26(21)41-5)38(31)25-12-11-24(40-4)16-27(25)43-19-30-34-36-37(7-2)35-30/h11-12,14-18H,6-10,13,19-20H2,1-5H3. The van der Waals surface area contributed by atoms with Gasteiger partial charge in [0, 0.05) is 36.1 Å². The zero-order chi connectivity index (χ0) is 31.8. The first-order valence-corrected chi connectivity index (χ1v) is 15.0. The molecular weight excluding hydrogens is 580 g/mol. The number of tetrazole rings is 1. The fourth-order valence-corrected chi connectivity index (χ4v) is 4.91. The highest BCUT2D eigenvalue weighted by atomic mass is 16.7. The maximum absolute atomic E-state index is 13.4. The van der Waals surface area contributed by atoms with Crippen LogP contribution in [-0.2, 0) is 35.5 Å². The van der Waals surface area contributed by atoms with Gasteiger partial charge in [0.05, 0.1) is 44.9 Å². The molecule has 1 aliphatic rings. The van der Waals surface area contributed by atoms with Crippen molar-refractivity contribution in [2.24, 2.45) is 0 Å². The van der Waals surface area contributed by atoms with Gasteiger partial charge in [0.15, 0.2) is 18.1 Å². The molecule has 0 fully saturated rings. The van der Waals surface area contributed by atoms with Crippen molar-refractivity contribution in [1.82, 2.24) is 29.8 Å². The molecule has 0 saturated heterocycles. The Labute approximate surface area is 261 Å². The van der Waals surface area contributed by atoms with Crippen LogP contribution in [-0.4, -0.2) is 63.3 Å². The van der Waals surface area contributed by atoms with E-state index in [1.807, 2.05) is 29.7 Å². The summed E-state index contributed by atoms with van der Waals surface area (Å²) in [6.07, 6.45) is 6.40. The third kappa shape index (κ3) is 7.19. The van der Waals surface area contributed by atoms with Crippen LogP contribution in [0.15, 0.2) is 42.1 Å². The van der Waals surface area contributed by atoms with Gasteiger partial charge in [-0.1, -0.05) is 13.3 Å². The van der Waals surface area contributed by atoms with Crippen molar-refractivity contribution < 1.29 is 33.2 Å². The fraction of sp³-hybridized carbons (Fsp3) is 0.406. The van der Waals surface area contributed by atoms with Crippen LogP contribution in [0.4, 0.5) is 0 Å². The predicted molar refractivity (Wildman–Crippen MR) is 164 cm³/mol. The Morgan fingerprint density at radius 1 is 1.04 bits per heavy atom. The summed E-state index contributed by atoms with van der Waals surface area (Å²) in [7, 11) is 3.18. The van der Waals surface area contributed by atoms with Crippen LogP contribution in [0.25, 0.3) is 11.8 Å². The van der Waals surface area contributed by atoms with E-state index in [1.54, 1.807) is 45.5 Å². The molecule has 238 valence electrons. The lowest BCUT2D eigenvalue weighted by Crippen LogP contribution is -2.12. The molecule has 13 nitrogen and oxygen atoms in total. The minimum atomic E-state index is -0.448. The van der Waals surface area contributed by atoms with E-state index in [1.165, 1.54) is 4.80 Å². The quantitative estimate of drug-likeness (QED) is 0.135. The summed E-state index contributed by atoms with van der Waals surface area (Å²) in [4.78, 5) is 19.6. The Morgan fingerprint density at radius 2 is 1.87 bits per heavy atom. The number of hydrogen-bond acceptors (Lipinski definition) is 11. The molecule has 0 N–H and O–H groups in total. The molecule has 0 aliphatic carbocycles. The number of ether oxygens (including phenoxy) is 6. The number of rotatable bonds is 15. The molecule has 0 unspecified atom stereocenters. The summed E-state index contributed by atoms with van der Waals surface area (Å²) in [5.41, 5.74) is 2.55. The summed E-state index contributed by atoms with van der Waals surface area (Å²) in [6, 6.07) is 9.16. The van der Waals surface area contributed by atoms with Gasteiger partial charge >= 0.3 is 5.97 Å². The van der Waals surface area contributed by atoms with Crippen molar-refractivity contribution >= 4 is 12.0 Å². The molecular formula is C32H38N6O7. The maximum atomic E-state index is 13.4. The summed E-state index contributed by atoms with van der Waals surface area (Å²) < 4.78 is 36.0. The third-order valence-electron chi connectivity index (χ3n) is 7.17. The van der Waals surface area contributed by atoms with E-state index < -0.39 is 5.97 Å². The normalized spacial score (nSPS) is 12.3. The first-order chi connectivity index (χ1) is 22.0. The molecule has 3 heterocycles. The number of esters is 1. The van der Waals surface area contributed by atoms with Gasteiger partial charge in [0.25, 0.3) is 0 Å². The van der Waals surface area contributed by atoms with E-state index in [2.05, 4.69) is 22.3 Å². The highest BCUT2D eigenvalue weighted by Crippen LogP contribution is 2.39. The zero-order valence-electron chi connectivity index (χ0n) is 26.2. The van der Waals surface area contributed by atoms with Crippen molar-refractivity contribution in [1.29, 1.82) is 0 Å². The lowest BCUT2D eigenvalue weighted by molar-refractivity contribution is -0.138. The second kappa shape index (κ2) is 14.6. The Hall–Kier alpha value is -5.07. The van der Waals surface area contributed by atoms with Gasteiger partial charge < -0.3 is 28.4 Å². The maximum Gasteiger partial charge on any atom is 0.334 e. The van der Waals surface area contributed by atoms with Gasteiger partial charge in [-0.05, 0) is 49.8 Å². The average molecular weight is 619 g/mol. The van der Waals surface area contributed by atoms with E-state index in [4.69, 9.17) is 33.4 Å². The molecule has 0 radical (unpaired) electrons. The van der Waals surface area contributed by atoms with Gasteiger partial charge in [-0.15, -0.1) is 10.2 Å². The molecule has 13 heteroatoms. The second-order valence-electron chi connectivity index (χ2n) is 10.1. The Balaban J connectivity index is 1.58. The first kappa shape index (κ1) is 31.4. The topological polar surface area (TPSA) is 134 Å². The molecule has 2 aromatic heterocycles. The molecule has 45 heavy (non-hydrogen) atoms. The second-order valence-corrected chi connectivity index (χ2v) is 10.1. The summed E-state index contributed by atoms with van der Waals surface area (Å²) in [5, 5.41) is 12.4. The van der Waals surface area contributed by atoms with Crippen molar-refractivity contribution in [3.63, 3.8) is 0 Å². The van der Waals surface area contributed by atoms with E-state index in [-0.39, 0.29) is 26.4 Å². The number of aromatic nitrogens is 6. The van der Waals surface area contributed by atoms with Crippen LogP contribution in [0.1, 0.15) is 56.5 Å². The zero-order valence-corrected chi connectivity index (χ0v) is 26.2. The highest BCUT2D eigenvalue weighted by molar-refractivity contribution is 5.94. The summed E-state index contributed by atoms with van der Waals surface area (Å²) in [6.45, 7) is 6.89. The number of benzene rings is 2. The van der Waals surface area contributed by atoms with Crippen molar-refractivity contribution in [2.75, 3.05) is 27.6 Å². The van der Waals surface area contributed by atoms with Gasteiger partial charge in [-0.3, -0.25) is 4.57 Å². The van der Waals surface area contributed by atoms with Crippen molar-refractivity contribution in [3.05, 3.63) is 65.0 Å². The fourth-order valence-electron chi connectivity index (χ4n) is 4.91. The number of imidazole rings is 1. The number of methoxy groups -OCH3 is 2. The predicted octanol–water partition coefficient (Wildman–Crippen LogP) is 4.74. The van der Waals surface area contributed by atoms with Crippen LogP contribution in [0.5, 0.6) is 28.7 Å². The monoisotopic (exact) mass is 618 g/mol. The lowest BCUT2D eigenvalue weighted by Gasteiger charge is -2.17. The number of carbonyl (C=O) groups is 1. The smallest absolute Gasteiger partial charge is 0.334 e. The Morgan fingerprint density at radius 3 is 2.58 bits per heavy atom. The molecule has 4 aromatic rings. The number of aryl methyl sites for hydroxylation is 2. The van der Waals surface area contributed by atoms with Crippen LogP contribution >= 0.6 is 0 Å². The molecule has 2 aromatic carbocycles. The number of nitrogens with zero attached hydrogens (tertiary/aromatic N) is 6. The molecule has 0 saturated carbocycles. The Kier molecular flexibility index (Phi) is 10.2. The minimum Gasteiger partial charge on any atom is -0.497 e. The van der Waals surface area contributed by atoms with Crippen LogP contribution in [0.2, 0.25) is 0 Å². The number of carbonyl (C=O) groups excluding carboxylic acids is 1. The molecule has 0 amide bonds. The average Bonchev–Trinajstić information content (AvgIpc) is 3.81. The summed E-state index contributed by atoms with van der Waals surface area (Å²) >= 11 is 0. The molecule has 0 atom stereocenters. The van der Waals surface area contributed by atoms with Crippen molar-refractivity contribution in [2.45, 2.75) is 59.6 Å². The molecule has 5 rings (SSSR count). The highest BCUT2D eigenvalue weighted by Gasteiger charge is 2.23. The third-order valence-corrected chi connectivity index (χ3v) is 7.17. The lowest BCUT2D eigenvalue weighted by atomic mass is 10.0. The van der Waals surface area contributed by atoms with Crippen LogP contribution in [0.3, 0.4) is 0 Å². The van der Waals surface area contributed by atoms with Gasteiger partial charge in [-0.25, -0.2) is 9.78 Å². The van der Waals surface area contributed by atoms with Crippen LogP contribution in [0, 0.1) is 0 Å². The Bertz CT molecular complexity index is 1660. The SMILES string of the molecule is CCCCc1ncc(C=C(Cc2cc3c(cc2OC)OCO3)C(=O)OCC)n1-c1ccc(OC)cc1OCc1nnn(CC)n1. The molecule has 1 aliphatic heterocycles. The summed E-state index contributed by atoms with van der Waals surface area (Å²) in [5.74, 6) is 3.73. The van der Waals surface area contributed by atoms with Crippen LogP contribution < -0.4 is 23.7 Å². The minimum absolute atomic E-state index is 0.0995. The van der Waals surface area contributed by atoms with E-state index >= 15 is 0 Å². The number of fused-ring (bicyclic) bond motifs is 1. The van der Waals surface area contributed by atoms with E-state index in [0.29, 0.717) is 58.8 Å². The van der Waals surface area contributed by atoms with Crippen molar-refractivity contribution in [3.8, 4) is 34.4 Å².